The van der Waals surface area contributed by atoms with Gasteiger partial charge in [0, 0.05) is 35.6 Å². The van der Waals surface area contributed by atoms with E-state index in [-0.39, 0.29) is 23.5 Å². The van der Waals surface area contributed by atoms with Crippen LogP contribution in [-0.2, 0) is 5.54 Å². The van der Waals surface area contributed by atoms with E-state index in [9.17, 15) is 13.6 Å². The standard InChI is InChI=1S/C23H22F2N4O/c1-14(2)29-13-16(4-11-21(29)30)22-27-15(3)23(28-22,17-5-8-19(24)9-6-17)18-7-10-20(25)26-12-18/h4-15H,1-3H3,(H,27,28)/t15-,23-/m0/s1. The molecule has 4 rings (SSSR count). The summed E-state index contributed by atoms with van der Waals surface area (Å²) in [4.78, 5) is 21.0. The van der Waals surface area contributed by atoms with E-state index in [2.05, 4.69) is 10.3 Å². The van der Waals surface area contributed by atoms with Crippen molar-refractivity contribution < 1.29 is 8.78 Å². The lowest BCUT2D eigenvalue weighted by Gasteiger charge is -2.31. The summed E-state index contributed by atoms with van der Waals surface area (Å²) >= 11 is 0. The van der Waals surface area contributed by atoms with Crippen LogP contribution in [0.4, 0.5) is 8.78 Å². The van der Waals surface area contributed by atoms with Gasteiger partial charge in [-0.2, -0.15) is 4.39 Å². The van der Waals surface area contributed by atoms with Crippen LogP contribution >= 0.6 is 0 Å². The Morgan fingerprint density at radius 2 is 1.73 bits per heavy atom. The van der Waals surface area contributed by atoms with Gasteiger partial charge in [-0.25, -0.2) is 14.4 Å². The number of aromatic nitrogens is 2. The fraction of sp³-hybridized carbons (Fsp3) is 0.261. The van der Waals surface area contributed by atoms with Gasteiger partial charge in [0.25, 0.3) is 5.56 Å². The quantitative estimate of drug-likeness (QED) is 0.669. The monoisotopic (exact) mass is 408 g/mol. The molecule has 3 aromatic rings. The number of hydrogen-bond donors (Lipinski definition) is 1. The smallest absolute Gasteiger partial charge is 0.250 e. The molecule has 2 aromatic heterocycles. The average molecular weight is 408 g/mol. The van der Waals surface area contributed by atoms with Crippen molar-refractivity contribution in [3.05, 3.63) is 99.7 Å². The predicted molar refractivity (Wildman–Crippen MR) is 112 cm³/mol. The van der Waals surface area contributed by atoms with E-state index in [1.165, 1.54) is 30.5 Å². The minimum absolute atomic E-state index is 0.0000285. The zero-order valence-electron chi connectivity index (χ0n) is 16.9. The number of pyridine rings is 2. The maximum Gasteiger partial charge on any atom is 0.250 e. The largest absolute Gasteiger partial charge is 0.364 e. The highest BCUT2D eigenvalue weighted by Crippen LogP contribution is 2.40. The summed E-state index contributed by atoms with van der Waals surface area (Å²) in [5, 5.41) is 3.39. The third kappa shape index (κ3) is 3.30. The van der Waals surface area contributed by atoms with Gasteiger partial charge >= 0.3 is 0 Å². The molecule has 2 atom stereocenters. The number of hydrogen-bond acceptors (Lipinski definition) is 4. The summed E-state index contributed by atoms with van der Waals surface area (Å²) in [5.41, 5.74) is 1.18. The maximum absolute atomic E-state index is 13.6. The Labute approximate surface area is 173 Å². The second kappa shape index (κ2) is 7.48. The molecule has 30 heavy (non-hydrogen) atoms. The number of nitrogens with zero attached hydrogens (tertiary/aromatic N) is 3. The van der Waals surface area contributed by atoms with Crippen LogP contribution in [0.5, 0.6) is 0 Å². The van der Waals surface area contributed by atoms with E-state index in [0.29, 0.717) is 11.4 Å². The van der Waals surface area contributed by atoms with Crippen LogP contribution in [0.2, 0.25) is 0 Å². The molecule has 1 aromatic carbocycles. The first kappa shape index (κ1) is 19.9. The molecule has 0 aliphatic carbocycles. The van der Waals surface area contributed by atoms with Crippen molar-refractivity contribution in [1.82, 2.24) is 14.9 Å². The van der Waals surface area contributed by atoms with Crippen LogP contribution in [0.15, 0.2) is 70.7 Å². The first-order valence-corrected chi connectivity index (χ1v) is 9.78. The molecule has 0 unspecified atom stereocenters. The van der Waals surface area contributed by atoms with Gasteiger partial charge in [0.2, 0.25) is 5.95 Å². The van der Waals surface area contributed by atoms with Crippen LogP contribution in [0.25, 0.3) is 0 Å². The molecular formula is C23H22F2N4O. The fourth-order valence-corrected chi connectivity index (χ4v) is 3.91. The Morgan fingerprint density at radius 3 is 2.37 bits per heavy atom. The summed E-state index contributed by atoms with van der Waals surface area (Å²) in [6, 6.07) is 12.1. The van der Waals surface area contributed by atoms with E-state index in [0.717, 1.165) is 11.1 Å². The molecule has 0 amide bonds. The summed E-state index contributed by atoms with van der Waals surface area (Å²) < 4.78 is 28.8. The number of benzene rings is 1. The molecule has 1 N–H and O–H groups in total. The third-order valence-corrected chi connectivity index (χ3v) is 5.49. The fourth-order valence-electron chi connectivity index (χ4n) is 3.91. The van der Waals surface area contributed by atoms with Crippen LogP contribution in [0.3, 0.4) is 0 Å². The van der Waals surface area contributed by atoms with E-state index in [1.807, 2.05) is 20.8 Å². The number of halogens is 2. The van der Waals surface area contributed by atoms with Crippen molar-refractivity contribution in [2.24, 2.45) is 4.99 Å². The molecule has 0 saturated carbocycles. The van der Waals surface area contributed by atoms with E-state index < -0.39 is 11.5 Å². The lowest BCUT2D eigenvalue weighted by atomic mass is 9.79. The highest BCUT2D eigenvalue weighted by Gasteiger charge is 2.45. The second-order valence-electron chi connectivity index (χ2n) is 7.73. The Morgan fingerprint density at radius 1 is 1.03 bits per heavy atom. The van der Waals surface area contributed by atoms with Gasteiger partial charge in [-0.1, -0.05) is 18.2 Å². The second-order valence-corrected chi connectivity index (χ2v) is 7.73. The molecule has 1 aliphatic rings. The Balaban J connectivity index is 1.91. The molecule has 0 radical (unpaired) electrons. The Kier molecular flexibility index (Phi) is 4.97. The number of rotatable bonds is 4. The minimum Gasteiger partial charge on any atom is -0.364 e. The normalized spacial score (nSPS) is 20.9. The first-order valence-electron chi connectivity index (χ1n) is 9.78. The van der Waals surface area contributed by atoms with Gasteiger partial charge in [0.1, 0.15) is 17.2 Å². The predicted octanol–water partition coefficient (Wildman–Crippen LogP) is 3.78. The molecule has 5 nitrogen and oxygen atoms in total. The number of nitrogens with one attached hydrogen (secondary N) is 1. The van der Waals surface area contributed by atoms with Gasteiger partial charge in [-0.15, -0.1) is 0 Å². The van der Waals surface area contributed by atoms with Crippen LogP contribution in [0.1, 0.15) is 43.5 Å². The summed E-state index contributed by atoms with van der Waals surface area (Å²) in [6.07, 6.45) is 3.23. The van der Waals surface area contributed by atoms with Crippen LogP contribution in [-0.4, -0.2) is 21.4 Å². The zero-order chi connectivity index (χ0) is 21.5. The van der Waals surface area contributed by atoms with Crippen molar-refractivity contribution >= 4 is 5.84 Å². The molecule has 7 heteroatoms. The van der Waals surface area contributed by atoms with Gasteiger partial charge in [0.15, 0.2) is 0 Å². The van der Waals surface area contributed by atoms with Crippen molar-refractivity contribution in [1.29, 1.82) is 0 Å². The first-order chi connectivity index (χ1) is 14.3. The highest BCUT2D eigenvalue weighted by molar-refractivity contribution is 6.00. The van der Waals surface area contributed by atoms with Crippen LogP contribution < -0.4 is 10.9 Å². The number of amidine groups is 1. The van der Waals surface area contributed by atoms with Gasteiger partial charge in [0.05, 0.1) is 6.04 Å². The third-order valence-electron chi connectivity index (χ3n) is 5.49. The van der Waals surface area contributed by atoms with Gasteiger partial charge < -0.3 is 9.88 Å². The average Bonchev–Trinajstić information content (AvgIpc) is 3.07. The van der Waals surface area contributed by atoms with E-state index in [4.69, 9.17) is 4.99 Å². The summed E-state index contributed by atoms with van der Waals surface area (Å²) in [7, 11) is 0. The van der Waals surface area contributed by atoms with Gasteiger partial charge in [-0.05, 0) is 50.6 Å². The van der Waals surface area contributed by atoms with E-state index >= 15 is 0 Å². The highest BCUT2D eigenvalue weighted by atomic mass is 19.1. The molecule has 1 aliphatic heterocycles. The maximum atomic E-state index is 13.6. The molecule has 0 spiro atoms. The van der Waals surface area contributed by atoms with Crippen LogP contribution in [0, 0.1) is 11.8 Å². The molecule has 0 bridgehead atoms. The zero-order valence-corrected chi connectivity index (χ0v) is 16.9. The van der Waals surface area contributed by atoms with Crippen molar-refractivity contribution in [3.63, 3.8) is 0 Å². The molecular weight excluding hydrogens is 386 g/mol. The molecule has 0 fully saturated rings. The number of aliphatic imine (C=N–C) groups is 1. The molecule has 154 valence electrons. The molecule has 0 saturated heterocycles. The SMILES string of the molecule is CC(C)n1cc(C2=N[C@@](c3ccc(F)cc3)(c3ccc(F)nc3)[C@H](C)N2)ccc1=O. The van der Waals surface area contributed by atoms with Crippen molar-refractivity contribution in [2.45, 2.75) is 38.4 Å². The lowest BCUT2D eigenvalue weighted by molar-refractivity contribution is 0.449. The van der Waals surface area contributed by atoms with Crippen molar-refractivity contribution in [2.75, 3.05) is 0 Å². The minimum atomic E-state index is -0.928. The van der Waals surface area contributed by atoms with E-state index in [1.54, 1.807) is 35.0 Å². The lowest BCUT2D eigenvalue weighted by Crippen LogP contribution is -2.41. The Bertz CT molecular complexity index is 1110. The summed E-state index contributed by atoms with van der Waals surface area (Å²) in [6.45, 7) is 5.83. The topological polar surface area (TPSA) is 59.3 Å². The Hall–Kier alpha value is -3.35. The summed E-state index contributed by atoms with van der Waals surface area (Å²) in [5.74, 6) is -0.330. The molecule has 3 heterocycles. The van der Waals surface area contributed by atoms with Crippen molar-refractivity contribution in [3.8, 4) is 0 Å². The van der Waals surface area contributed by atoms with Gasteiger partial charge in [-0.3, -0.25) is 4.79 Å².